The van der Waals surface area contributed by atoms with Crippen LogP contribution >= 0.6 is 0 Å². The van der Waals surface area contributed by atoms with Crippen molar-refractivity contribution in [3.8, 4) is 11.1 Å². The lowest BCUT2D eigenvalue weighted by molar-refractivity contribution is -0.143. The van der Waals surface area contributed by atoms with Crippen molar-refractivity contribution in [2.75, 3.05) is 32.4 Å². The summed E-state index contributed by atoms with van der Waals surface area (Å²) in [5.74, 6) is -1.20. The van der Waals surface area contributed by atoms with Crippen molar-refractivity contribution in [1.82, 2.24) is 13.8 Å². The van der Waals surface area contributed by atoms with Crippen LogP contribution in [0.4, 0.5) is 4.39 Å². The second kappa shape index (κ2) is 7.92. The molecule has 2 aliphatic rings. The molecule has 178 valence electrons. The average Bonchev–Trinajstić information content (AvgIpc) is 3.41. The first kappa shape index (κ1) is 22.5. The third-order valence-electron chi connectivity index (χ3n) is 6.52. The predicted molar refractivity (Wildman–Crippen MR) is 124 cm³/mol. The van der Waals surface area contributed by atoms with E-state index in [0.29, 0.717) is 55.5 Å². The zero-order chi connectivity index (χ0) is 24.3. The summed E-state index contributed by atoms with van der Waals surface area (Å²) in [4.78, 5) is 28.3. The number of carbonyl (C=O) groups is 2. The molecule has 1 saturated carbocycles. The first-order valence-corrected chi connectivity index (χ1v) is 12.8. The monoisotopic (exact) mass is 485 g/mol. The van der Waals surface area contributed by atoms with Gasteiger partial charge in [0, 0.05) is 48.9 Å². The van der Waals surface area contributed by atoms with Crippen molar-refractivity contribution in [2.24, 2.45) is 0 Å². The van der Waals surface area contributed by atoms with Crippen LogP contribution in [0.5, 0.6) is 0 Å². The summed E-state index contributed by atoms with van der Waals surface area (Å²) in [6.45, 7) is 1.27. The smallest absolute Gasteiger partial charge is 0.254 e. The fourth-order valence-electron chi connectivity index (χ4n) is 4.36. The van der Waals surface area contributed by atoms with Crippen molar-refractivity contribution >= 4 is 32.7 Å². The highest BCUT2D eigenvalue weighted by Crippen LogP contribution is 2.37. The molecule has 2 heterocycles. The summed E-state index contributed by atoms with van der Waals surface area (Å²) in [7, 11) is -3.51. The van der Waals surface area contributed by atoms with Crippen LogP contribution in [0.3, 0.4) is 0 Å². The molecule has 1 aromatic heterocycles. The third-order valence-corrected chi connectivity index (χ3v) is 7.55. The van der Waals surface area contributed by atoms with E-state index in [9.17, 15) is 23.1 Å². The van der Waals surface area contributed by atoms with Crippen molar-refractivity contribution < 1.29 is 27.5 Å². The SMILES string of the molecule is CS(=O)(=O)n1ccc2ccc(-c3ccc(C(=O)N4CCN(C(=O)C5(O)CC5)CC4)cc3F)cc21. The van der Waals surface area contributed by atoms with E-state index in [2.05, 4.69) is 0 Å². The number of nitrogens with zero attached hydrogens (tertiary/aromatic N) is 3. The van der Waals surface area contributed by atoms with Crippen molar-refractivity contribution in [3.05, 3.63) is 60.0 Å². The number of amides is 2. The van der Waals surface area contributed by atoms with Gasteiger partial charge in [-0.1, -0.05) is 18.2 Å². The van der Waals surface area contributed by atoms with Gasteiger partial charge in [0.2, 0.25) is 10.0 Å². The Morgan fingerprint density at radius 2 is 1.65 bits per heavy atom. The maximum atomic E-state index is 15.1. The lowest BCUT2D eigenvalue weighted by Crippen LogP contribution is -2.53. The highest BCUT2D eigenvalue weighted by atomic mass is 32.2. The van der Waals surface area contributed by atoms with Gasteiger partial charge >= 0.3 is 0 Å². The van der Waals surface area contributed by atoms with Crippen LogP contribution in [0.1, 0.15) is 23.2 Å². The van der Waals surface area contributed by atoms with Gasteiger partial charge in [0.25, 0.3) is 11.8 Å². The van der Waals surface area contributed by atoms with Gasteiger partial charge in [-0.15, -0.1) is 0 Å². The minimum atomic E-state index is -3.51. The van der Waals surface area contributed by atoms with Crippen LogP contribution in [0.2, 0.25) is 0 Å². The Morgan fingerprint density at radius 1 is 0.971 bits per heavy atom. The van der Waals surface area contributed by atoms with Crippen molar-refractivity contribution in [1.29, 1.82) is 0 Å². The summed E-state index contributed by atoms with van der Waals surface area (Å²) < 4.78 is 40.2. The van der Waals surface area contributed by atoms with E-state index < -0.39 is 21.4 Å². The second-order valence-corrected chi connectivity index (χ2v) is 10.8. The standard InChI is InChI=1S/C24H24FN3O5S/c1-34(32,33)28-9-6-16-2-3-17(15-21(16)28)19-5-4-18(14-20(19)25)22(29)26-10-12-27(13-11-26)23(30)24(31)7-8-24/h2-6,9,14-15,31H,7-8,10-13H2,1H3. The highest BCUT2D eigenvalue weighted by molar-refractivity contribution is 7.89. The maximum Gasteiger partial charge on any atom is 0.254 e. The van der Waals surface area contributed by atoms with Crippen LogP contribution in [0.25, 0.3) is 22.0 Å². The topological polar surface area (TPSA) is 99.9 Å². The molecule has 0 unspecified atom stereocenters. The molecule has 1 N–H and O–H groups in total. The Hall–Kier alpha value is -3.24. The van der Waals surface area contributed by atoms with Crippen molar-refractivity contribution in [2.45, 2.75) is 18.4 Å². The van der Waals surface area contributed by atoms with E-state index in [0.717, 1.165) is 10.2 Å². The molecular weight excluding hydrogens is 461 g/mol. The molecule has 34 heavy (non-hydrogen) atoms. The van der Waals surface area contributed by atoms with Gasteiger partial charge in [-0.3, -0.25) is 9.59 Å². The molecule has 2 amide bonds. The minimum absolute atomic E-state index is 0.197. The minimum Gasteiger partial charge on any atom is -0.380 e. The number of halogens is 1. The van der Waals surface area contributed by atoms with Crippen molar-refractivity contribution in [3.63, 3.8) is 0 Å². The van der Waals surface area contributed by atoms with Gasteiger partial charge in [-0.05, 0) is 42.7 Å². The lowest BCUT2D eigenvalue weighted by Gasteiger charge is -2.35. The number of aliphatic hydroxyl groups is 1. The number of hydrogen-bond donors (Lipinski definition) is 1. The van der Waals surface area contributed by atoms with E-state index >= 15 is 4.39 Å². The van der Waals surface area contributed by atoms with E-state index in [1.54, 1.807) is 40.1 Å². The first-order valence-electron chi connectivity index (χ1n) is 11.0. The fraction of sp³-hybridized carbons (Fsp3) is 0.333. The molecule has 5 rings (SSSR count). The summed E-state index contributed by atoms with van der Waals surface area (Å²) in [5, 5.41) is 10.7. The lowest BCUT2D eigenvalue weighted by atomic mass is 10.0. The van der Waals surface area contributed by atoms with E-state index in [4.69, 9.17) is 0 Å². The Bertz CT molecular complexity index is 1420. The molecule has 8 nitrogen and oxygen atoms in total. The van der Waals surface area contributed by atoms with Crippen LogP contribution in [-0.4, -0.2) is 77.1 Å². The van der Waals surface area contributed by atoms with Gasteiger partial charge < -0.3 is 14.9 Å². The Balaban J connectivity index is 1.34. The van der Waals surface area contributed by atoms with E-state index in [-0.39, 0.29) is 22.9 Å². The number of piperazine rings is 1. The Kier molecular flexibility index (Phi) is 5.25. The molecule has 10 heteroatoms. The summed E-state index contributed by atoms with van der Waals surface area (Å²) >= 11 is 0. The molecule has 2 aromatic carbocycles. The largest absolute Gasteiger partial charge is 0.380 e. The van der Waals surface area contributed by atoms with Gasteiger partial charge in [0.15, 0.2) is 0 Å². The molecule has 1 aliphatic carbocycles. The van der Waals surface area contributed by atoms with E-state index in [1.165, 1.54) is 18.3 Å². The molecule has 2 fully saturated rings. The molecule has 1 aliphatic heterocycles. The number of aromatic nitrogens is 1. The molecule has 0 spiro atoms. The number of hydrogen-bond acceptors (Lipinski definition) is 5. The molecule has 0 radical (unpaired) electrons. The second-order valence-electron chi connectivity index (χ2n) is 8.96. The van der Waals surface area contributed by atoms with Gasteiger partial charge in [-0.2, -0.15) is 0 Å². The first-order chi connectivity index (χ1) is 16.1. The van der Waals surface area contributed by atoms with Crippen LogP contribution in [0.15, 0.2) is 48.7 Å². The predicted octanol–water partition coefficient (Wildman–Crippen LogP) is 2.06. The molecular formula is C24H24FN3O5S. The Morgan fingerprint density at radius 3 is 2.26 bits per heavy atom. The number of benzene rings is 2. The number of carbonyl (C=O) groups excluding carboxylic acids is 2. The summed E-state index contributed by atoms with van der Waals surface area (Å²) in [6, 6.07) is 11.0. The van der Waals surface area contributed by atoms with Crippen LogP contribution < -0.4 is 0 Å². The molecule has 0 bridgehead atoms. The molecule has 3 aromatic rings. The normalized spacial score (nSPS) is 17.7. The average molecular weight is 486 g/mol. The zero-order valence-corrected chi connectivity index (χ0v) is 19.4. The Labute approximate surface area is 196 Å². The van der Waals surface area contributed by atoms with E-state index in [1.807, 2.05) is 0 Å². The van der Waals surface area contributed by atoms with Crippen LogP contribution in [-0.2, 0) is 14.8 Å². The quantitative estimate of drug-likeness (QED) is 0.610. The number of fused-ring (bicyclic) bond motifs is 1. The highest BCUT2D eigenvalue weighted by Gasteiger charge is 2.50. The zero-order valence-electron chi connectivity index (χ0n) is 18.6. The number of rotatable bonds is 4. The molecule has 1 saturated heterocycles. The molecule has 0 atom stereocenters. The maximum absolute atomic E-state index is 15.1. The fourth-order valence-corrected chi connectivity index (χ4v) is 5.16. The third kappa shape index (κ3) is 3.97. The van der Waals surface area contributed by atoms with Gasteiger partial charge in [-0.25, -0.2) is 16.8 Å². The van der Waals surface area contributed by atoms with Gasteiger partial charge in [0.05, 0.1) is 11.8 Å². The van der Waals surface area contributed by atoms with Gasteiger partial charge in [0.1, 0.15) is 11.4 Å². The summed E-state index contributed by atoms with van der Waals surface area (Å²) in [6.07, 6.45) is 3.51. The van der Waals surface area contributed by atoms with Crippen LogP contribution in [0, 0.1) is 5.82 Å². The summed E-state index contributed by atoms with van der Waals surface area (Å²) in [5.41, 5.74) is 0.174.